The molecule has 2 aromatic heterocycles. The molecule has 3 aromatic rings. The minimum absolute atomic E-state index is 0.0556. The Balaban J connectivity index is 1.10. The highest BCUT2D eigenvalue weighted by Gasteiger charge is 2.39. The Kier molecular flexibility index (Phi) is 13.2. The molecule has 2 aliphatic rings. The van der Waals surface area contributed by atoms with Gasteiger partial charge in [0.05, 0.1) is 11.6 Å². The maximum Gasteiger partial charge on any atom is 0.451 e. The molecule has 5 rings (SSSR count). The van der Waals surface area contributed by atoms with Crippen molar-refractivity contribution in [1.82, 2.24) is 25.3 Å². The summed E-state index contributed by atoms with van der Waals surface area (Å²) in [5.41, 5.74) is -0.0783. The van der Waals surface area contributed by atoms with Gasteiger partial charge in [-0.15, -0.1) is 0 Å². The zero-order chi connectivity index (χ0) is 37.3. The zero-order valence-electron chi connectivity index (χ0n) is 28.4. The van der Waals surface area contributed by atoms with E-state index >= 15 is 0 Å². The molecular weight excluding hydrogens is 714 g/mol. The van der Waals surface area contributed by atoms with E-state index in [-0.39, 0.29) is 29.7 Å². The number of ketones is 1. The van der Waals surface area contributed by atoms with Crippen LogP contribution in [0.1, 0.15) is 74.7 Å². The molecule has 1 aromatic carbocycles. The second kappa shape index (κ2) is 17.5. The number of aryl methyl sites for hydroxylation is 1. The predicted molar refractivity (Wildman–Crippen MR) is 184 cm³/mol. The summed E-state index contributed by atoms with van der Waals surface area (Å²) >= 11 is 5.83. The highest BCUT2D eigenvalue weighted by molar-refractivity contribution is 6.29. The number of aromatic nitrogens is 4. The number of carbonyl (C=O) groups is 2. The summed E-state index contributed by atoms with van der Waals surface area (Å²) in [6.45, 7) is 2.25. The van der Waals surface area contributed by atoms with Gasteiger partial charge >= 0.3 is 12.4 Å². The van der Waals surface area contributed by atoms with Crippen LogP contribution in [-0.2, 0) is 28.4 Å². The van der Waals surface area contributed by atoms with Gasteiger partial charge in [-0.3, -0.25) is 9.59 Å². The fourth-order valence-electron chi connectivity index (χ4n) is 6.64. The Morgan fingerprint density at radius 3 is 2.27 bits per heavy atom. The molecule has 0 radical (unpaired) electrons. The van der Waals surface area contributed by atoms with Gasteiger partial charge < -0.3 is 20.4 Å². The van der Waals surface area contributed by atoms with Crippen LogP contribution in [0.25, 0.3) is 0 Å². The number of nitrogens with one attached hydrogen (secondary N) is 2. The molecule has 2 saturated heterocycles. The molecule has 52 heavy (non-hydrogen) atoms. The standard InChI is InChI=1S/C35H41ClF6N8O2/c36-28-20-29(46-22-45-28)43-15-16-44-32(52)8-2-5-24-13-18-49(19-14-24)30-21-31(48-33(47-30)35(40,41)42)50-17-3-6-26(50)27(51)7-1-4-23-9-11-25(12-10-23)34(37,38)39/h9-12,20-22,24,26H,1-8,13-19H2,(H,44,52)(H,43,45,46)/t26-/m0/s1. The van der Waals surface area contributed by atoms with Crippen molar-refractivity contribution >= 4 is 40.7 Å². The lowest BCUT2D eigenvalue weighted by Gasteiger charge is -2.34. The number of amides is 1. The summed E-state index contributed by atoms with van der Waals surface area (Å²) in [4.78, 5) is 44.6. The van der Waals surface area contributed by atoms with E-state index in [4.69, 9.17) is 11.6 Å². The smallest absolute Gasteiger partial charge is 0.368 e. The summed E-state index contributed by atoms with van der Waals surface area (Å²) in [5, 5.41) is 6.23. The van der Waals surface area contributed by atoms with Gasteiger partial charge in [-0.1, -0.05) is 23.7 Å². The fraction of sp³-hybridized carbons (Fsp3) is 0.543. The number of Topliss-reactive ketones (excluding diaryl/α,β-unsaturated/α-hetero) is 1. The minimum Gasteiger partial charge on any atom is -0.368 e. The average molecular weight is 755 g/mol. The van der Waals surface area contributed by atoms with E-state index in [0.29, 0.717) is 93.7 Å². The molecule has 10 nitrogen and oxygen atoms in total. The van der Waals surface area contributed by atoms with Crippen LogP contribution < -0.4 is 20.4 Å². The second-order valence-electron chi connectivity index (χ2n) is 13.1. The number of piperidine rings is 1. The molecule has 2 aliphatic heterocycles. The van der Waals surface area contributed by atoms with Gasteiger partial charge in [0.25, 0.3) is 0 Å². The molecule has 0 spiro atoms. The van der Waals surface area contributed by atoms with Crippen LogP contribution in [0.2, 0.25) is 5.15 Å². The minimum atomic E-state index is -4.79. The van der Waals surface area contributed by atoms with Crippen molar-refractivity contribution in [3.05, 3.63) is 64.8 Å². The Labute approximate surface area is 302 Å². The third kappa shape index (κ3) is 11.1. The van der Waals surface area contributed by atoms with Crippen molar-refractivity contribution in [1.29, 1.82) is 0 Å². The number of hydrogen-bond donors (Lipinski definition) is 2. The van der Waals surface area contributed by atoms with E-state index in [1.807, 2.05) is 4.90 Å². The lowest BCUT2D eigenvalue weighted by atomic mass is 9.91. The second-order valence-corrected chi connectivity index (χ2v) is 13.5. The maximum absolute atomic E-state index is 14.0. The summed E-state index contributed by atoms with van der Waals surface area (Å²) in [7, 11) is 0. The molecule has 282 valence electrons. The van der Waals surface area contributed by atoms with Crippen molar-refractivity contribution < 1.29 is 35.9 Å². The van der Waals surface area contributed by atoms with Crippen molar-refractivity contribution in [3.63, 3.8) is 0 Å². The van der Waals surface area contributed by atoms with Gasteiger partial charge in [0.2, 0.25) is 11.7 Å². The number of rotatable bonds is 15. The lowest BCUT2D eigenvalue weighted by Crippen LogP contribution is -2.38. The number of nitrogens with zero attached hydrogens (tertiary/aromatic N) is 6. The summed E-state index contributed by atoms with van der Waals surface area (Å²) < 4.78 is 80.6. The molecular formula is C35H41ClF6N8O2. The van der Waals surface area contributed by atoms with Crippen LogP contribution in [0, 0.1) is 5.92 Å². The van der Waals surface area contributed by atoms with Gasteiger partial charge in [0, 0.05) is 57.7 Å². The largest absolute Gasteiger partial charge is 0.451 e. The first-order chi connectivity index (χ1) is 24.8. The number of anilines is 3. The molecule has 2 N–H and O–H groups in total. The first-order valence-electron chi connectivity index (χ1n) is 17.4. The van der Waals surface area contributed by atoms with Gasteiger partial charge in [-0.05, 0) is 75.0 Å². The Morgan fingerprint density at radius 1 is 0.846 bits per heavy atom. The molecule has 4 heterocycles. The highest BCUT2D eigenvalue weighted by atomic mass is 35.5. The van der Waals surface area contributed by atoms with Crippen molar-refractivity contribution in [3.8, 4) is 0 Å². The van der Waals surface area contributed by atoms with Gasteiger partial charge in [0.15, 0.2) is 5.78 Å². The number of benzene rings is 1. The molecule has 2 fully saturated rings. The van der Waals surface area contributed by atoms with Gasteiger partial charge in [-0.25, -0.2) is 19.9 Å². The summed E-state index contributed by atoms with van der Waals surface area (Å²) in [6.07, 6.45) is -2.52. The van der Waals surface area contributed by atoms with Gasteiger partial charge in [-0.2, -0.15) is 26.3 Å². The molecule has 0 aliphatic carbocycles. The topological polar surface area (TPSA) is 116 Å². The zero-order valence-corrected chi connectivity index (χ0v) is 29.2. The van der Waals surface area contributed by atoms with E-state index < -0.39 is 29.8 Å². The van der Waals surface area contributed by atoms with Crippen molar-refractivity contribution in [2.24, 2.45) is 5.92 Å². The quantitative estimate of drug-likeness (QED) is 0.0950. The van der Waals surface area contributed by atoms with E-state index in [0.717, 1.165) is 31.4 Å². The number of carbonyl (C=O) groups excluding carboxylic acids is 2. The maximum atomic E-state index is 14.0. The third-order valence-electron chi connectivity index (χ3n) is 9.38. The molecule has 0 unspecified atom stereocenters. The van der Waals surface area contributed by atoms with Crippen molar-refractivity contribution in [2.75, 3.05) is 47.8 Å². The van der Waals surface area contributed by atoms with Crippen LogP contribution in [0.3, 0.4) is 0 Å². The molecule has 1 atom stereocenters. The Bertz CT molecular complexity index is 1650. The van der Waals surface area contributed by atoms with E-state index in [9.17, 15) is 35.9 Å². The van der Waals surface area contributed by atoms with Crippen LogP contribution in [0.15, 0.2) is 42.7 Å². The van der Waals surface area contributed by atoms with Crippen LogP contribution >= 0.6 is 11.6 Å². The summed E-state index contributed by atoms with van der Waals surface area (Å²) in [5.74, 6) is -0.366. The van der Waals surface area contributed by atoms with Crippen LogP contribution in [0.5, 0.6) is 0 Å². The molecule has 0 bridgehead atoms. The van der Waals surface area contributed by atoms with Crippen LogP contribution in [-0.4, -0.2) is 70.4 Å². The average Bonchev–Trinajstić information content (AvgIpc) is 3.60. The number of hydrogen-bond acceptors (Lipinski definition) is 9. The monoisotopic (exact) mass is 754 g/mol. The van der Waals surface area contributed by atoms with E-state index in [2.05, 4.69) is 30.6 Å². The molecule has 0 saturated carbocycles. The first-order valence-corrected chi connectivity index (χ1v) is 17.8. The fourth-order valence-corrected chi connectivity index (χ4v) is 6.79. The normalized spacial score (nSPS) is 17.0. The molecule has 1 amide bonds. The third-order valence-corrected chi connectivity index (χ3v) is 9.59. The SMILES string of the molecule is O=C(CCCC1CCN(c2cc(N3CCC[C@H]3C(=O)CCCc3ccc(C(F)(F)F)cc3)nc(C(F)(F)F)n2)CC1)NCCNc1cc(Cl)ncn1. The number of halogens is 7. The Hall–Kier alpha value is -4.21. The summed E-state index contributed by atoms with van der Waals surface area (Å²) in [6, 6.07) is 7.26. The van der Waals surface area contributed by atoms with Crippen LogP contribution in [0.4, 0.5) is 43.8 Å². The first kappa shape index (κ1) is 39.0. The predicted octanol–water partition coefficient (Wildman–Crippen LogP) is 7.13. The Morgan fingerprint density at radius 2 is 1.58 bits per heavy atom. The van der Waals surface area contributed by atoms with Gasteiger partial charge in [0.1, 0.15) is 28.9 Å². The van der Waals surface area contributed by atoms with E-state index in [1.54, 1.807) is 11.0 Å². The van der Waals surface area contributed by atoms with E-state index in [1.165, 1.54) is 24.5 Å². The highest BCUT2D eigenvalue weighted by Crippen LogP contribution is 2.35. The molecule has 17 heteroatoms. The van der Waals surface area contributed by atoms with Crippen molar-refractivity contribution in [2.45, 2.75) is 82.6 Å². The number of alkyl halides is 6. The lowest BCUT2D eigenvalue weighted by molar-refractivity contribution is -0.144.